The number of aliphatic hydroxyl groups is 1. The van der Waals surface area contributed by atoms with Gasteiger partial charge >= 0.3 is 0 Å². The molecular formula is C22H23NO2S. The van der Waals surface area contributed by atoms with Crippen LogP contribution >= 0.6 is 11.8 Å². The molecule has 3 rings (SSSR count). The number of para-hydroxylation sites is 1. The Morgan fingerprint density at radius 1 is 0.808 bits per heavy atom. The zero-order valence-corrected chi connectivity index (χ0v) is 15.4. The molecule has 0 saturated heterocycles. The first-order valence-corrected chi connectivity index (χ1v) is 9.80. The van der Waals surface area contributed by atoms with Crippen LogP contribution in [0, 0.1) is 0 Å². The number of benzene rings is 3. The average molecular weight is 365 g/mol. The number of rotatable bonds is 9. The van der Waals surface area contributed by atoms with E-state index in [1.807, 2.05) is 72.8 Å². The Kier molecular flexibility index (Phi) is 6.99. The lowest BCUT2D eigenvalue weighted by molar-refractivity contribution is 0.126. The fourth-order valence-electron chi connectivity index (χ4n) is 2.45. The summed E-state index contributed by atoms with van der Waals surface area (Å²) in [4.78, 5) is 0. The van der Waals surface area contributed by atoms with Crippen molar-refractivity contribution in [3.63, 3.8) is 0 Å². The Morgan fingerprint density at radius 2 is 1.42 bits per heavy atom. The van der Waals surface area contributed by atoms with Gasteiger partial charge in [0, 0.05) is 22.9 Å². The summed E-state index contributed by atoms with van der Waals surface area (Å²) in [6.45, 7) is 0.299. The number of nitrogens with one attached hydrogen (secondary N) is 1. The van der Waals surface area contributed by atoms with E-state index < -0.39 is 6.10 Å². The molecule has 1 unspecified atom stereocenters. The van der Waals surface area contributed by atoms with Crippen molar-refractivity contribution in [1.82, 2.24) is 0 Å². The number of ether oxygens (including phenoxy) is 1. The lowest BCUT2D eigenvalue weighted by atomic mass is 10.2. The summed E-state index contributed by atoms with van der Waals surface area (Å²) in [5.74, 6) is 2.32. The summed E-state index contributed by atoms with van der Waals surface area (Å²) in [7, 11) is 0. The molecule has 0 amide bonds. The van der Waals surface area contributed by atoms with Gasteiger partial charge in [-0.1, -0.05) is 48.5 Å². The normalized spacial score (nSPS) is 11.7. The number of hydrogen-bond acceptors (Lipinski definition) is 4. The molecule has 0 aliphatic carbocycles. The highest BCUT2D eigenvalue weighted by Crippen LogP contribution is 2.20. The fraction of sp³-hybridized carbons (Fsp3) is 0.182. The van der Waals surface area contributed by atoms with Gasteiger partial charge in [0.1, 0.15) is 12.4 Å². The predicted octanol–water partition coefficient (Wildman–Crippen LogP) is 5.10. The Bertz CT molecular complexity index is 763. The van der Waals surface area contributed by atoms with Gasteiger partial charge in [0.2, 0.25) is 0 Å². The summed E-state index contributed by atoms with van der Waals surface area (Å²) < 4.78 is 5.68. The molecule has 3 nitrogen and oxygen atoms in total. The molecule has 26 heavy (non-hydrogen) atoms. The molecule has 1 atom stereocenters. The first kappa shape index (κ1) is 18.4. The van der Waals surface area contributed by atoms with Crippen molar-refractivity contribution < 1.29 is 9.84 Å². The molecule has 0 aliphatic heterocycles. The minimum absolute atomic E-state index is 0.299. The number of anilines is 2. The maximum absolute atomic E-state index is 10.1. The van der Waals surface area contributed by atoms with Crippen molar-refractivity contribution in [2.24, 2.45) is 0 Å². The van der Waals surface area contributed by atoms with Crippen molar-refractivity contribution in [2.75, 3.05) is 17.7 Å². The highest BCUT2D eigenvalue weighted by molar-refractivity contribution is 7.98. The molecule has 3 aromatic rings. The molecule has 0 bridgehead atoms. The topological polar surface area (TPSA) is 41.5 Å². The maximum Gasteiger partial charge on any atom is 0.119 e. The number of aliphatic hydroxyl groups excluding tert-OH is 1. The van der Waals surface area contributed by atoms with Gasteiger partial charge < -0.3 is 15.2 Å². The Hall–Kier alpha value is -2.43. The molecule has 0 heterocycles. The maximum atomic E-state index is 10.1. The molecular weight excluding hydrogens is 342 g/mol. The largest absolute Gasteiger partial charge is 0.491 e. The summed E-state index contributed by atoms with van der Waals surface area (Å²) in [6.07, 6.45) is -0.481. The van der Waals surface area contributed by atoms with Gasteiger partial charge in [-0.2, -0.15) is 11.8 Å². The molecule has 0 saturated carbocycles. The third kappa shape index (κ3) is 6.14. The van der Waals surface area contributed by atoms with E-state index in [2.05, 4.69) is 17.4 Å². The van der Waals surface area contributed by atoms with Crippen molar-refractivity contribution in [3.05, 3.63) is 90.5 Å². The van der Waals surface area contributed by atoms with E-state index in [0.29, 0.717) is 12.4 Å². The van der Waals surface area contributed by atoms with E-state index >= 15 is 0 Å². The summed E-state index contributed by atoms with van der Waals surface area (Å²) >= 11 is 1.71. The van der Waals surface area contributed by atoms with Gasteiger partial charge in [-0.3, -0.25) is 0 Å². The lowest BCUT2D eigenvalue weighted by Gasteiger charge is -2.13. The van der Waals surface area contributed by atoms with Crippen LogP contribution in [-0.2, 0) is 5.75 Å². The third-order valence-electron chi connectivity index (χ3n) is 3.78. The standard InChI is InChI=1S/C22H23NO2S/c24-21(17-26-16-18-7-3-1-4-8-18)15-25-22-13-11-20(12-14-22)23-19-9-5-2-6-10-19/h1-14,21,23-24H,15-17H2. The van der Waals surface area contributed by atoms with Gasteiger partial charge in [-0.15, -0.1) is 0 Å². The van der Waals surface area contributed by atoms with Crippen LogP contribution in [0.1, 0.15) is 5.56 Å². The van der Waals surface area contributed by atoms with Crippen LogP contribution in [-0.4, -0.2) is 23.6 Å². The van der Waals surface area contributed by atoms with Crippen LogP contribution in [0.25, 0.3) is 0 Å². The second-order valence-corrected chi connectivity index (χ2v) is 7.01. The van der Waals surface area contributed by atoms with E-state index in [0.717, 1.165) is 22.9 Å². The van der Waals surface area contributed by atoms with Crippen molar-refractivity contribution in [2.45, 2.75) is 11.9 Å². The summed E-state index contributed by atoms with van der Waals surface area (Å²) in [5, 5.41) is 13.4. The number of thioether (sulfide) groups is 1. The fourth-order valence-corrected chi connectivity index (χ4v) is 3.36. The van der Waals surface area contributed by atoms with E-state index in [9.17, 15) is 5.11 Å². The molecule has 0 aliphatic rings. The van der Waals surface area contributed by atoms with Gasteiger partial charge in [-0.25, -0.2) is 0 Å². The van der Waals surface area contributed by atoms with Crippen LogP contribution in [0.15, 0.2) is 84.9 Å². The summed E-state index contributed by atoms with van der Waals surface area (Å²) in [5.41, 5.74) is 3.32. The van der Waals surface area contributed by atoms with Crippen LogP contribution in [0.2, 0.25) is 0 Å². The van der Waals surface area contributed by atoms with Crippen molar-refractivity contribution >= 4 is 23.1 Å². The quantitative estimate of drug-likeness (QED) is 0.553. The lowest BCUT2D eigenvalue weighted by Crippen LogP contribution is -2.20. The average Bonchev–Trinajstić information content (AvgIpc) is 2.69. The Labute approximate surface area is 159 Å². The Morgan fingerprint density at radius 3 is 2.12 bits per heavy atom. The van der Waals surface area contributed by atoms with Crippen LogP contribution in [0.5, 0.6) is 5.75 Å². The van der Waals surface area contributed by atoms with Gasteiger partial charge in [-0.05, 0) is 42.0 Å². The van der Waals surface area contributed by atoms with Crippen molar-refractivity contribution in [3.8, 4) is 5.75 Å². The Balaban J connectivity index is 1.38. The molecule has 134 valence electrons. The minimum Gasteiger partial charge on any atom is -0.491 e. The first-order chi connectivity index (χ1) is 12.8. The van der Waals surface area contributed by atoms with Crippen LogP contribution < -0.4 is 10.1 Å². The molecule has 0 spiro atoms. The van der Waals surface area contributed by atoms with Crippen molar-refractivity contribution in [1.29, 1.82) is 0 Å². The van der Waals surface area contributed by atoms with Gasteiger partial charge in [0.15, 0.2) is 0 Å². The summed E-state index contributed by atoms with van der Waals surface area (Å²) in [6, 6.07) is 28.1. The SMILES string of the molecule is OC(COc1ccc(Nc2ccccc2)cc1)CSCc1ccccc1. The van der Waals surface area contributed by atoms with E-state index in [-0.39, 0.29) is 0 Å². The molecule has 4 heteroatoms. The molecule has 0 aromatic heterocycles. The number of hydrogen-bond donors (Lipinski definition) is 2. The minimum atomic E-state index is -0.481. The molecule has 0 fully saturated rings. The second kappa shape index (κ2) is 9.90. The molecule has 0 radical (unpaired) electrons. The predicted molar refractivity (Wildman–Crippen MR) is 110 cm³/mol. The van der Waals surface area contributed by atoms with E-state index in [1.165, 1.54) is 5.56 Å². The van der Waals surface area contributed by atoms with Crippen LogP contribution in [0.3, 0.4) is 0 Å². The smallest absolute Gasteiger partial charge is 0.119 e. The highest BCUT2D eigenvalue weighted by Gasteiger charge is 2.06. The van der Waals surface area contributed by atoms with Gasteiger partial charge in [0.25, 0.3) is 0 Å². The first-order valence-electron chi connectivity index (χ1n) is 8.64. The third-order valence-corrected chi connectivity index (χ3v) is 4.94. The second-order valence-electron chi connectivity index (χ2n) is 5.98. The molecule has 2 N–H and O–H groups in total. The highest BCUT2D eigenvalue weighted by atomic mass is 32.2. The van der Waals surface area contributed by atoms with Crippen LogP contribution in [0.4, 0.5) is 11.4 Å². The van der Waals surface area contributed by atoms with E-state index in [4.69, 9.17) is 4.74 Å². The molecule has 3 aromatic carbocycles. The monoisotopic (exact) mass is 365 g/mol. The zero-order valence-electron chi connectivity index (χ0n) is 14.5. The van der Waals surface area contributed by atoms with Gasteiger partial charge in [0.05, 0.1) is 6.10 Å². The zero-order chi connectivity index (χ0) is 18.0. The van der Waals surface area contributed by atoms with E-state index in [1.54, 1.807) is 11.8 Å².